The Balaban J connectivity index is 2.13. The van der Waals surface area contributed by atoms with E-state index in [1.807, 2.05) is 24.3 Å². The van der Waals surface area contributed by atoms with Crippen LogP contribution in [0, 0.1) is 0 Å². The molecule has 0 aliphatic heterocycles. The summed E-state index contributed by atoms with van der Waals surface area (Å²) in [6, 6.07) is 7.51. The maximum Gasteiger partial charge on any atom is 0.220 e. The zero-order chi connectivity index (χ0) is 14.1. The molecule has 0 heterocycles. The van der Waals surface area contributed by atoms with E-state index in [9.17, 15) is 9.59 Å². The molecular formula is C14H19ClN2O2. The summed E-state index contributed by atoms with van der Waals surface area (Å²) >= 11 is 5.87. The summed E-state index contributed by atoms with van der Waals surface area (Å²) in [4.78, 5) is 22.2. The fourth-order valence-electron chi connectivity index (χ4n) is 1.62. The van der Waals surface area contributed by atoms with E-state index in [-0.39, 0.29) is 11.8 Å². The number of halogens is 1. The summed E-state index contributed by atoms with van der Waals surface area (Å²) in [5.74, 6) is -0.0323. The summed E-state index contributed by atoms with van der Waals surface area (Å²) in [5.41, 5.74) is 1.06. The second-order valence-electron chi connectivity index (χ2n) is 4.32. The smallest absolute Gasteiger partial charge is 0.220 e. The van der Waals surface area contributed by atoms with Crippen molar-refractivity contribution in [3.63, 3.8) is 0 Å². The molecule has 2 amide bonds. The van der Waals surface area contributed by atoms with E-state index >= 15 is 0 Å². The molecule has 19 heavy (non-hydrogen) atoms. The molecule has 1 aromatic carbocycles. The van der Waals surface area contributed by atoms with Crippen LogP contribution in [0.25, 0.3) is 0 Å². The van der Waals surface area contributed by atoms with Crippen molar-refractivity contribution in [1.82, 2.24) is 10.6 Å². The molecule has 0 atom stereocenters. The Morgan fingerprint density at radius 2 is 1.95 bits per heavy atom. The monoisotopic (exact) mass is 282 g/mol. The van der Waals surface area contributed by atoms with Gasteiger partial charge < -0.3 is 10.6 Å². The number of carbonyl (C=O) groups excluding carboxylic acids is 2. The van der Waals surface area contributed by atoms with Gasteiger partial charge in [0.05, 0.1) is 0 Å². The van der Waals surface area contributed by atoms with Crippen LogP contribution in [0.3, 0.4) is 0 Å². The van der Waals surface area contributed by atoms with Crippen LogP contribution in [0.4, 0.5) is 0 Å². The summed E-state index contributed by atoms with van der Waals surface area (Å²) in [5, 5.41) is 6.18. The van der Waals surface area contributed by atoms with Gasteiger partial charge in [-0.25, -0.2) is 0 Å². The molecule has 4 nitrogen and oxygen atoms in total. The van der Waals surface area contributed by atoms with E-state index in [1.165, 1.54) is 6.92 Å². The minimum atomic E-state index is -0.0488. The third-order valence-electron chi connectivity index (χ3n) is 2.58. The fourth-order valence-corrected chi connectivity index (χ4v) is 1.83. The van der Waals surface area contributed by atoms with Gasteiger partial charge in [-0.1, -0.05) is 23.7 Å². The first-order valence-corrected chi connectivity index (χ1v) is 6.71. The average molecular weight is 283 g/mol. The van der Waals surface area contributed by atoms with Gasteiger partial charge in [-0.3, -0.25) is 9.59 Å². The summed E-state index contributed by atoms with van der Waals surface area (Å²) in [7, 11) is 0. The third-order valence-corrected chi connectivity index (χ3v) is 2.81. The number of rotatable bonds is 7. The number of amides is 2. The lowest BCUT2D eigenvalue weighted by atomic mass is 10.1. The third kappa shape index (κ3) is 7.47. The Morgan fingerprint density at radius 1 is 1.21 bits per heavy atom. The molecule has 0 saturated carbocycles. The number of aryl methyl sites for hydroxylation is 1. The first-order valence-electron chi connectivity index (χ1n) is 6.33. The van der Waals surface area contributed by atoms with Gasteiger partial charge in [-0.15, -0.1) is 0 Å². The van der Waals surface area contributed by atoms with Crippen molar-refractivity contribution < 1.29 is 9.59 Å². The molecule has 2 N–H and O–H groups in total. The van der Waals surface area contributed by atoms with Gasteiger partial charge in [0.15, 0.2) is 0 Å². The Kier molecular flexibility index (Phi) is 6.97. The molecule has 104 valence electrons. The first kappa shape index (κ1) is 15.5. The van der Waals surface area contributed by atoms with Crippen LogP contribution in [0.15, 0.2) is 24.3 Å². The summed E-state index contributed by atoms with van der Waals surface area (Å²) < 4.78 is 0. The van der Waals surface area contributed by atoms with Gasteiger partial charge >= 0.3 is 0 Å². The van der Waals surface area contributed by atoms with Crippen molar-refractivity contribution in [3.05, 3.63) is 34.9 Å². The van der Waals surface area contributed by atoms with Crippen LogP contribution < -0.4 is 10.6 Å². The highest BCUT2D eigenvalue weighted by Gasteiger charge is 2.02. The van der Waals surface area contributed by atoms with Gasteiger partial charge in [0.2, 0.25) is 11.8 Å². The highest BCUT2D eigenvalue weighted by Crippen LogP contribution is 2.11. The van der Waals surface area contributed by atoms with Gasteiger partial charge in [0.25, 0.3) is 0 Å². The normalized spacial score (nSPS) is 10.0. The molecule has 0 aliphatic rings. The zero-order valence-corrected chi connectivity index (χ0v) is 11.8. The van der Waals surface area contributed by atoms with Crippen LogP contribution in [0.2, 0.25) is 5.02 Å². The average Bonchev–Trinajstić information content (AvgIpc) is 2.35. The molecular weight excluding hydrogens is 264 g/mol. The van der Waals surface area contributed by atoms with Crippen molar-refractivity contribution in [2.45, 2.75) is 26.2 Å². The SMILES string of the molecule is CC(=O)NCCCNC(=O)CCc1cccc(Cl)c1. The molecule has 0 aliphatic carbocycles. The molecule has 0 fully saturated rings. The maximum absolute atomic E-state index is 11.6. The topological polar surface area (TPSA) is 58.2 Å². The van der Waals surface area contributed by atoms with Gasteiger partial charge in [0.1, 0.15) is 0 Å². The van der Waals surface area contributed by atoms with Crippen molar-refractivity contribution in [1.29, 1.82) is 0 Å². The van der Waals surface area contributed by atoms with Gasteiger partial charge in [0, 0.05) is 31.5 Å². The van der Waals surface area contributed by atoms with Crippen molar-refractivity contribution in [3.8, 4) is 0 Å². The molecule has 1 rings (SSSR count). The van der Waals surface area contributed by atoms with E-state index in [4.69, 9.17) is 11.6 Å². The molecule has 0 aromatic heterocycles. The van der Waals surface area contributed by atoms with Crippen molar-refractivity contribution >= 4 is 23.4 Å². The Bertz CT molecular complexity index is 435. The molecule has 5 heteroatoms. The van der Waals surface area contributed by atoms with Crippen molar-refractivity contribution in [2.75, 3.05) is 13.1 Å². The van der Waals surface area contributed by atoms with Gasteiger partial charge in [-0.2, -0.15) is 0 Å². The molecule has 1 aromatic rings. The van der Waals surface area contributed by atoms with E-state index in [1.54, 1.807) is 0 Å². The van der Waals surface area contributed by atoms with E-state index < -0.39 is 0 Å². The zero-order valence-electron chi connectivity index (χ0n) is 11.0. The minimum absolute atomic E-state index is 0.0165. The highest BCUT2D eigenvalue weighted by atomic mass is 35.5. The Labute approximate surface area is 118 Å². The summed E-state index contributed by atoms with van der Waals surface area (Å²) in [6.45, 7) is 2.64. The fraction of sp³-hybridized carbons (Fsp3) is 0.429. The quantitative estimate of drug-likeness (QED) is 0.751. The lowest BCUT2D eigenvalue weighted by Crippen LogP contribution is -2.28. The highest BCUT2D eigenvalue weighted by molar-refractivity contribution is 6.30. The van der Waals surface area contributed by atoms with Crippen LogP contribution in [0.1, 0.15) is 25.3 Å². The molecule has 0 spiro atoms. The van der Waals surface area contributed by atoms with Crippen LogP contribution in [0.5, 0.6) is 0 Å². The van der Waals surface area contributed by atoms with E-state index in [2.05, 4.69) is 10.6 Å². The van der Waals surface area contributed by atoms with Crippen LogP contribution in [-0.2, 0) is 16.0 Å². The maximum atomic E-state index is 11.6. The van der Waals surface area contributed by atoms with Crippen LogP contribution >= 0.6 is 11.6 Å². The number of carbonyl (C=O) groups is 2. The Hall–Kier alpha value is -1.55. The second-order valence-corrected chi connectivity index (χ2v) is 4.75. The number of hydrogen-bond acceptors (Lipinski definition) is 2. The lowest BCUT2D eigenvalue weighted by Gasteiger charge is -2.06. The lowest BCUT2D eigenvalue weighted by molar-refractivity contribution is -0.121. The first-order chi connectivity index (χ1) is 9.08. The number of hydrogen-bond donors (Lipinski definition) is 2. The predicted octanol–water partition coefficient (Wildman–Crippen LogP) is 1.91. The van der Waals surface area contributed by atoms with Crippen LogP contribution in [-0.4, -0.2) is 24.9 Å². The molecule has 0 bridgehead atoms. The number of nitrogens with one attached hydrogen (secondary N) is 2. The number of benzene rings is 1. The predicted molar refractivity (Wildman–Crippen MR) is 76.1 cm³/mol. The molecule has 0 unspecified atom stereocenters. The standard InChI is InChI=1S/C14H19ClN2O2/c1-11(18)16-8-3-9-17-14(19)7-6-12-4-2-5-13(15)10-12/h2,4-5,10H,3,6-9H2,1H3,(H,16,18)(H,17,19). The van der Waals surface area contributed by atoms with Crippen molar-refractivity contribution in [2.24, 2.45) is 0 Å². The minimum Gasteiger partial charge on any atom is -0.356 e. The van der Waals surface area contributed by atoms with E-state index in [0.29, 0.717) is 31.0 Å². The molecule has 0 radical (unpaired) electrons. The second kappa shape index (κ2) is 8.53. The Morgan fingerprint density at radius 3 is 2.63 bits per heavy atom. The molecule has 0 saturated heterocycles. The largest absolute Gasteiger partial charge is 0.356 e. The van der Waals surface area contributed by atoms with Gasteiger partial charge in [-0.05, 0) is 30.5 Å². The van der Waals surface area contributed by atoms with E-state index in [0.717, 1.165) is 12.0 Å². The summed E-state index contributed by atoms with van der Waals surface area (Å²) in [6.07, 6.45) is 1.86.